The van der Waals surface area contributed by atoms with Gasteiger partial charge < -0.3 is 14.6 Å². The fourth-order valence-electron chi connectivity index (χ4n) is 2.41. The predicted molar refractivity (Wildman–Crippen MR) is 84.0 cm³/mol. The first-order valence-corrected chi connectivity index (χ1v) is 7.07. The minimum Gasteiger partial charge on any atom is -0.497 e. The molecule has 0 aliphatic carbocycles. The summed E-state index contributed by atoms with van der Waals surface area (Å²) in [5.41, 5.74) is 1.61. The number of hydrogen-bond acceptors (Lipinski definition) is 3. The molecule has 1 unspecified atom stereocenters. The van der Waals surface area contributed by atoms with Crippen molar-refractivity contribution in [3.05, 3.63) is 59.2 Å². The molecule has 0 heterocycles. The summed E-state index contributed by atoms with van der Waals surface area (Å²) in [7, 11) is 3.21. The van der Waals surface area contributed by atoms with E-state index in [9.17, 15) is 5.11 Å². The van der Waals surface area contributed by atoms with E-state index in [0.29, 0.717) is 17.1 Å². The Kier molecular flexibility index (Phi) is 4.53. The average molecular weight is 286 g/mol. The summed E-state index contributed by atoms with van der Waals surface area (Å²) < 4.78 is 10.6. The van der Waals surface area contributed by atoms with Gasteiger partial charge in [0.15, 0.2) is 0 Å². The van der Waals surface area contributed by atoms with Crippen molar-refractivity contribution in [2.75, 3.05) is 14.2 Å². The smallest absolute Gasteiger partial charge is 0.125 e. The Morgan fingerprint density at radius 3 is 2.19 bits per heavy atom. The van der Waals surface area contributed by atoms with Crippen LogP contribution in [0.5, 0.6) is 11.5 Å². The van der Waals surface area contributed by atoms with Crippen LogP contribution < -0.4 is 9.47 Å². The molecule has 3 nitrogen and oxygen atoms in total. The molecule has 2 aromatic rings. The molecule has 2 aromatic carbocycles. The number of aliphatic hydroxyl groups is 1. The quantitative estimate of drug-likeness (QED) is 0.914. The summed E-state index contributed by atoms with van der Waals surface area (Å²) in [4.78, 5) is 0. The molecule has 1 N–H and O–H groups in total. The summed E-state index contributed by atoms with van der Waals surface area (Å²) in [5, 5.41) is 11.0. The normalized spacial score (nSPS) is 13.6. The van der Waals surface area contributed by atoms with Crippen LogP contribution in [0, 0.1) is 0 Å². The SMILES string of the molecule is CCc1ccc(C(C)(O)c2cc(OC)ccc2OC)cc1. The molecule has 0 saturated heterocycles. The van der Waals surface area contributed by atoms with Gasteiger partial charge in [0.25, 0.3) is 0 Å². The van der Waals surface area contributed by atoms with Crippen molar-refractivity contribution in [3.8, 4) is 11.5 Å². The second kappa shape index (κ2) is 6.19. The van der Waals surface area contributed by atoms with E-state index < -0.39 is 5.60 Å². The Morgan fingerprint density at radius 2 is 1.67 bits per heavy atom. The van der Waals surface area contributed by atoms with Crippen LogP contribution in [0.3, 0.4) is 0 Å². The molecule has 0 aromatic heterocycles. The van der Waals surface area contributed by atoms with Crippen molar-refractivity contribution >= 4 is 0 Å². The topological polar surface area (TPSA) is 38.7 Å². The van der Waals surface area contributed by atoms with Crippen molar-refractivity contribution in [3.63, 3.8) is 0 Å². The predicted octanol–water partition coefficient (Wildman–Crippen LogP) is 3.52. The van der Waals surface area contributed by atoms with E-state index in [0.717, 1.165) is 12.0 Å². The molecule has 21 heavy (non-hydrogen) atoms. The number of methoxy groups -OCH3 is 2. The van der Waals surface area contributed by atoms with Crippen molar-refractivity contribution in [1.29, 1.82) is 0 Å². The van der Waals surface area contributed by atoms with Crippen LogP contribution in [0.25, 0.3) is 0 Å². The number of benzene rings is 2. The van der Waals surface area contributed by atoms with E-state index in [-0.39, 0.29) is 0 Å². The molecule has 3 heteroatoms. The molecule has 2 rings (SSSR count). The lowest BCUT2D eigenvalue weighted by molar-refractivity contribution is 0.0986. The molecular formula is C18H22O3. The van der Waals surface area contributed by atoms with Gasteiger partial charge in [0.2, 0.25) is 0 Å². The van der Waals surface area contributed by atoms with Crippen molar-refractivity contribution in [1.82, 2.24) is 0 Å². The van der Waals surface area contributed by atoms with E-state index in [1.807, 2.05) is 42.5 Å². The van der Waals surface area contributed by atoms with E-state index in [4.69, 9.17) is 9.47 Å². The maximum Gasteiger partial charge on any atom is 0.125 e. The number of ether oxygens (including phenoxy) is 2. The third-order valence-corrected chi connectivity index (χ3v) is 3.86. The lowest BCUT2D eigenvalue weighted by Crippen LogP contribution is -2.23. The maximum atomic E-state index is 11.0. The highest BCUT2D eigenvalue weighted by Crippen LogP contribution is 2.37. The maximum absolute atomic E-state index is 11.0. The first-order chi connectivity index (χ1) is 10.0. The Hall–Kier alpha value is -2.00. The first kappa shape index (κ1) is 15.4. The highest BCUT2D eigenvalue weighted by Gasteiger charge is 2.29. The van der Waals surface area contributed by atoms with E-state index in [1.54, 1.807) is 21.1 Å². The fourth-order valence-corrected chi connectivity index (χ4v) is 2.41. The van der Waals surface area contributed by atoms with E-state index >= 15 is 0 Å². The number of hydrogen-bond donors (Lipinski definition) is 1. The third kappa shape index (κ3) is 3.03. The number of aryl methyl sites for hydroxylation is 1. The summed E-state index contributed by atoms with van der Waals surface area (Å²) in [6, 6.07) is 13.4. The monoisotopic (exact) mass is 286 g/mol. The van der Waals surface area contributed by atoms with Crippen LogP contribution in [-0.4, -0.2) is 19.3 Å². The van der Waals surface area contributed by atoms with Gasteiger partial charge >= 0.3 is 0 Å². The van der Waals surface area contributed by atoms with Crippen LogP contribution in [0.15, 0.2) is 42.5 Å². The van der Waals surface area contributed by atoms with Gasteiger partial charge in [0.05, 0.1) is 14.2 Å². The van der Waals surface area contributed by atoms with Gasteiger partial charge in [-0.3, -0.25) is 0 Å². The molecule has 0 radical (unpaired) electrons. The highest BCUT2D eigenvalue weighted by molar-refractivity contribution is 5.48. The second-order valence-corrected chi connectivity index (χ2v) is 5.19. The van der Waals surface area contributed by atoms with Crippen molar-refractivity contribution in [2.24, 2.45) is 0 Å². The molecule has 0 aliphatic heterocycles. The minimum absolute atomic E-state index is 0.639. The van der Waals surface area contributed by atoms with Gasteiger partial charge in [-0.1, -0.05) is 31.2 Å². The van der Waals surface area contributed by atoms with Gasteiger partial charge in [-0.15, -0.1) is 0 Å². The van der Waals surface area contributed by atoms with Crippen LogP contribution >= 0.6 is 0 Å². The molecule has 0 fully saturated rings. The van der Waals surface area contributed by atoms with Gasteiger partial charge in [-0.25, -0.2) is 0 Å². The fraction of sp³-hybridized carbons (Fsp3) is 0.333. The zero-order chi connectivity index (χ0) is 15.5. The molecule has 0 bridgehead atoms. The average Bonchev–Trinajstić information content (AvgIpc) is 2.54. The van der Waals surface area contributed by atoms with Crippen LogP contribution in [0.4, 0.5) is 0 Å². The lowest BCUT2D eigenvalue weighted by atomic mass is 9.87. The molecule has 0 spiro atoms. The van der Waals surface area contributed by atoms with Gasteiger partial charge in [0, 0.05) is 5.56 Å². The summed E-state index contributed by atoms with van der Waals surface area (Å²) in [5.74, 6) is 1.33. The van der Waals surface area contributed by atoms with Crippen LogP contribution in [0.1, 0.15) is 30.5 Å². The summed E-state index contributed by atoms with van der Waals surface area (Å²) >= 11 is 0. The first-order valence-electron chi connectivity index (χ1n) is 7.07. The third-order valence-electron chi connectivity index (χ3n) is 3.86. The molecule has 0 aliphatic rings. The molecule has 0 amide bonds. The second-order valence-electron chi connectivity index (χ2n) is 5.19. The van der Waals surface area contributed by atoms with Gasteiger partial charge in [0.1, 0.15) is 17.1 Å². The van der Waals surface area contributed by atoms with Crippen LogP contribution in [0.2, 0.25) is 0 Å². The van der Waals surface area contributed by atoms with Gasteiger partial charge in [-0.2, -0.15) is 0 Å². The Labute approximate surface area is 126 Å². The lowest BCUT2D eigenvalue weighted by Gasteiger charge is -2.27. The molecule has 1 atom stereocenters. The zero-order valence-electron chi connectivity index (χ0n) is 13.0. The van der Waals surface area contributed by atoms with Crippen LogP contribution in [-0.2, 0) is 12.0 Å². The zero-order valence-corrected chi connectivity index (χ0v) is 13.0. The number of rotatable bonds is 5. The Balaban J connectivity index is 2.50. The largest absolute Gasteiger partial charge is 0.497 e. The van der Waals surface area contributed by atoms with E-state index in [2.05, 4.69) is 6.92 Å². The Bertz CT molecular complexity index is 600. The molecular weight excluding hydrogens is 264 g/mol. The van der Waals surface area contributed by atoms with E-state index in [1.165, 1.54) is 5.56 Å². The summed E-state index contributed by atoms with van der Waals surface area (Å²) in [6.07, 6.45) is 0.977. The Morgan fingerprint density at radius 1 is 1.00 bits per heavy atom. The summed E-state index contributed by atoms with van der Waals surface area (Å²) in [6.45, 7) is 3.88. The minimum atomic E-state index is -1.15. The van der Waals surface area contributed by atoms with Gasteiger partial charge in [-0.05, 0) is 42.7 Å². The van der Waals surface area contributed by atoms with Crippen molar-refractivity contribution in [2.45, 2.75) is 25.9 Å². The van der Waals surface area contributed by atoms with Crippen molar-refractivity contribution < 1.29 is 14.6 Å². The molecule has 0 saturated carbocycles. The standard InChI is InChI=1S/C18H22O3/c1-5-13-6-8-14(9-7-13)18(2,19)16-12-15(20-3)10-11-17(16)21-4/h6-12,19H,5H2,1-4H3. The highest BCUT2D eigenvalue weighted by atomic mass is 16.5. The molecule has 112 valence electrons.